The molecule has 2 aromatic rings. The van der Waals surface area contributed by atoms with E-state index in [1.54, 1.807) is 0 Å². The molecule has 2 rings (SSSR count). The lowest BCUT2D eigenvalue weighted by Gasteiger charge is -2.01. The molecule has 1 aromatic heterocycles. The molecule has 1 aromatic carbocycles. The predicted molar refractivity (Wildman–Crippen MR) is 79.0 cm³/mol. The van der Waals surface area contributed by atoms with Crippen molar-refractivity contribution in [1.29, 1.82) is 0 Å². The number of nitrogens with two attached hydrogens (primary N) is 1. The van der Waals surface area contributed by atoms with Crippen molar-refractivity contribution < 1.29 is 0 Å². The molecule has 0 aliphatic carbocycles. The maximum atomic E-state index is 5.69. The molecule has 1 heterocycles. The lowest BCUT2D eigenvalue weighted by Crippen LogP contribution is -2.02. The number of hydrogen-bond acceptors (Lipinski definition) is 3. The number of aryl methyl sites for hydroxylation is 2. The van der Waals surface area contributed by atoms with Gasteiger partial charge in [0.1, 0.15) is 0 Å². The minimum atomic E-state index is 0.687. The molecular formula is C15H20N2S. The van der Waals surface area contributed by atoms with E-state index in [9.17, 15) is 0 Å². The highest BCUT2D eigenvalue weighted by molar-refractivity contribution is 7.12. The van der Waals surface area contributed by atoms with Gasteiger partial charge in [-0.2, -0.15) is 0 Å². The summed E-state index contributed by atoms with van der Waals surface area (Å²) in [6.45, 7) is 4.98. The lowest BCUT2D eigenvalue weighted by atomic mass is 10.1. The summed E-state index contributed by atoms with van der Waals surface area (Å²) in [5.41, 5.74) is 9.32. The Hall–Kier alpha value is -1.19. The zero-order chi connectivity index (χ0) is 13.0. The second kappa shape index (κ2) is 6.12. The molecule has 0 aliphatic rings. The standard InChI is InChI=1S/C15H20N2S/c1-3-4-14-17-15(13(18-14)9-10-16)12-7-5-11(2)6-8-12/h5-8H,3-4,9-10,16H2,1-2H3. The Balaban J connectivity index is 2.37. The van der Waals surface area contributed by atoms with Crippen LogP contribution in [-0.4, -0.2) is 11.5 Å². The minimum Gasteiger partial charge on any atom is -0.330 e. The van der Waals surface area contributed by atoms with Crippen LogP contribution in [0.2, 0.25) is 0 Å². The van der Waals surface area contributed by atoms with Crippen molar-refractivity contribution in [2.75, 3.05) is 6.54 Å². The number of thiazole rings is 1. The van der Waals surface area contributed by atoms with Crippen molar-refractivity contribution in [1.82, 2.24) is 4.98 Å². The van der Waals surface area contributed by atoms with Gasteiger partial charge in [0.2, 0.25) is 0 Å². The number of hydrogen-bond donors (Lipinski definition) is 1. The summed E-state index contributed by atoms with van der Waals surface area (Å²) in [5.74, 6) is 0. The Kier molecular flexibility index (Phi) is 4.50. The fraction of sp³-hybridized carbons (Fsp3) is 0.400. The van der Waals surface area contributed by atoms with Crippen LogP contribution in [0.1, 0.15) is 28.8 Å². The third-order valence-electron chi connectivity index (χ3n) is 2.90. The Morgan fingerprint density at radius 1 is 1.17 bits per heavy atom. The van der Waals surface area contributed by atoms with E-state index in [0.29, 0.717) is 6.54 Å². The van der Waals surface area contributed by atoms with Gasteiger partial charge in [-0.15, -0.1) is 11.3 Å². The van der Waals surface area contributed by atoms with Crippen LogP contribution in [0.4, 0.5) is 0 Å². The average molecular weight is 260 g/mol. The largest absolute Gasteiger partial charge is 0.330 e. The third kappa shape index (κ3) is 2.98. The number of nitrogens with zero attached hydrogens (tertiary/aromatic N) is 1. The highest BCUT2D eigenvalue weighted by Crippen LogP contribution is 2.29. The zero-order valence-corrected chi connectivity index (χ0v) is 11.9. The number of aromatic nitrogens is 1. The Labute approximate surface area is 113 Å². The van der Waals surface area contributed by atoms with E-state index in [1.807, 2.05) is 11.3 Å². The summed E-state index contributed by atoms with van der Waals surface area (Å²) < 4.78 is 0. The molecule has 2 nitrogen and oxygen atoms in total. The molecule has 18 heavy (non-hydrogen) atoms. The van der Waals surface area contributed by atoms with Gasteiger partial charge in [-0.3, -0.25) is 0 Å². The van der Waals surface area contributed by atoms with Crippen molar-refractivity contribution in [3.05, 3.63) is 39.7 Å². The molecule has 0 unspecified atom stereocenters. The van der Waals surface area contributed by atoms with Crippen molar-refractivity contribution in [2.45, 2.75) is 33.1 Å². The lowest BCUT2D eigenvalue weighted by molar-refractivity contribution is 0.909. The smallest absolute Gasteiger partial charge is 0.0935 e. The molecule has 0 radical (unpaired) electrons. The second-order valence-electron chi connectivity index (χ2n) is 4.53. The van der Waals surface area contributed by atoms with Gasteiger partial charge in [-0.25, -0.2) is 4.98 Å². The summed E-state index contributed by atoms with van der Waals surface area (Å²) >= 11 is 1.82. The molecule has 0 amide bonds. The molecule has 3 heteroatoms. The zero-order valence-electron chi connectivity index (χ0n) is 11.1. The highest BCUT2D eigenvalue weighted by Gasteiger charge is 2.11. The highest BCUT2D eigenvalue weighted by atomic mass is 32.1. The first-order chi connectivity index (χ1) is 8.74. The van der Waals surface area contributed by atoms with E-state index in [4.69, 9.17) is 10.7 Å². The van der Waals surface area contributed by atoms with Crippen molar-refractivity contribution >= 4 is 11.3 Å². The van der Waals surface area contributed by atoms with Crippen LogP contribution in [-0.2, 0) is 12.8 Å². The summed E-state index contributed by atoms with van der Waals surface area (Å²) in [7, 11) is 0. The summed E-state index contributed by atoms with van der Waals surface area (Å²) in [4.78, 5) is 6.11. The molecule has 0 atom stereocenters. The Bertz CT molecular complexity index is 500. The Morgan fingerprint density at radius 2 is 1.89 bits per heavy atom. The van der Waals surface area contributed by atoms with E-state index < -0.39 is 0 Å². The molecule has 0 spiro atoms. The number of rotatable bonds is 5. The summed E-state index contributed by atoms with van der Waals surface area (Å²) in [5, 5.41) is 1.23. The van der Waals surface area contributed by atoms with Crippen molar-refractivity contribution in [3.8, 4) is 11.3 Å². The van der Waals surface area contributed by atoms with Gasteiger partial charge in [0, 0.05) is 10.4 Å². The van der Waals surface area contributed by atoms with E-state index in [-0.39, 0.29) is 0 Å². The topological polar surface area (TPSA) is 38.9 Å². The van der Waals surface area contributed by atoms with Crippen LogP contribution >= 0.6 is 11.3 Å². The van der Waals surface area contributed by atoms with Crippen molar-refractivity contribution in [3.63, 3.8) is 0 Å². The van der Waals surface area contributed by atoms with Crippen molar-refractivity contribution in [2.24, 2.45) is 5.73 Å². The molecular weight excluding hydrogens is 240 g/mol. The quantitative estimate of drug-likeness (QED) is 0.892. The van der Waals surface area contributed by atoms with Gasteiger partial charge in [0.25, 0.3) is 0 Å². The first-order valence-corrected chi connectivity index (χ1v) is 7.32. The van der Waals surface area contributed by atoms with Gasteiger partial charge >= 0.3 is 0 Å². The van der Waals surface area contributed by atoms with E-state index in [1.165, 1.54) is 21.0 Å². The molecule has 0 bridgehead atoms. The third-order valence-corrected chi connectivity index (χ3v) is 4.08. The second-order valence-corrected chi connectivity index (χ2v) is 5.70. The SMILES string of the molecule is CCCc1nc(-c2ccc(C)cc2)c(CCN)s1. The molecule has 96 valence electrons. The molecule has 0 saturated heterocycles. The predicted octanol–water partition coefficient (Wildman–Crippen LogP) is 3.57. The van der Waals surface area contributed by atoms with E-state index >= 15 is 0 Å². The van der Waals surface area contributed by atoms with Gasteiger partial charge in [-0.05, 0) is 32.7 Å². The van der Waals surface area contributed by atoms with E-state index in [2.05, 4.69) is 38.1 Å². The van der Waals surface area contributed by atoms with Gasteiger partial charge in [-0.1, -0.05) is 36.8 Å². The van der Waals surface area contributed by atoms with Crippen LogP contribution in [0.3, 0.4) is 0 Å². The van der Waals surface area contributed by atoms with Gasteiger partial charge in [0.15, 0.2) is 0 Å². The molecule has 2 N–H and O–H groups in total. The van der Waals surface area contributed by atoms with Gasteiger partial charge < -0.3 is 5.73 Å². The maximum Gasteiger partial charge on any atom is 0.0935 e. The Morgan fingerprint density at radius 3 is 2.50 bits per heavy atom. The first-order valence-electron chi connectivity index (χ1n) is 6.50. The molecule has 0 aliphatic heterocycles. The summed E-state index contributed by atoms with van der Waals surface area (Å²) in [6, 6.07) is 8.58. The maximum absolute atomic E-state index is 5.69. The monoisotopic (exact) mass is 260 g/mol. The van der Waals surface area contributed by atoms with Crippen LogP contribution in [0, 0.1) is 6.92 Å². The fourth-order valence-corrected chi connectivity index (χ4v) is 3.17. The van der Waals surface area contributed by atoms with Gasteiger partial charge in [0.05, 0.1) is 10.7 Å². The van der Waals surface area contributed by atoms with Crippen LogP contribution in [0.5, 0.6) is 0 Å². The van der Waals surface area contributed by atoms with E-state index in [0.717, 1.165) is 25.0 Å². The van der Waals surface area contributed by atoms with Crippen LogP contribution in [0.25, 0.3) is 11.3 Å². The summed E-state index contributed by atoms with van der Waals surface area (Å²) in [6.07, 6.45) is 3.13. The average Bonchev–Trinajstić information content (AvgIpc) is 2.74. The molecule has 0 saturated carbocycles. The number of benzene rings is 1. The van der Waals surface area contributed by atoms with Crippen LogP contribution < -0.4 is 5.73 Å². The van der Waals surface area contributed by atoms with Crippen LogP contribution in [0.15, 0.2) is 24.3 Å². The fourth-order valence-electron chi connectivity index (χ4n) is 1.96. The molecule has 0 fully saturated rings. The minimum absolute atomic E-state index is 0.687. The first kappa shape index (κ1) is 13.2. The normalized spacial score (nSPS) is 10.8.